The third-order valence-corrected chi connectivity index (χ3v) is 4.04. The first-order valence-electron chi connectivity index (χ1n) is 5.20. The number of aromatic nitrogens is 3. The lowest BCUT2D eigenvalue weighted by Gasteiger charge is -2.04. The molecule has 0 bridgehead atoms. The molecule has 3 nitrogen and oxygen atoms in total. The summed E-state index contributed by atoms with van der Waals surface area (Å²) in [6.45, 7) is 3.64. The molecule has 1 aromatic carbocycles. The lowest BCUT2D eigenvalue weighted by atomic mass is 10.2. The van der Waals surface area contributed by atoms with Gasteiger partial charge in [0.25, 0.3) is 0 Å². The number of thioether (sulfide) groups is 1. The molecule has 0 radical (unpaired) electrons. The molecule has 1 heterocycles. The largest absolute Gasteiger partial charge is 0.305 e. The molecule has 2 rings (SSSR count). The Morgan fingerprint density at radius 3 is 2.78 bits per heavy atom. The van der Waals surface area contributed by atoms with Crippen LogP contribution in [0.25, 0.3) is 11.4 Å². The van der Waals surface area contributed by atoms with Gasteiger partial charge in [-0.25, -0.2) is 0 Å². The molecule has 0 aliphatic heterocycles. The van der Waals surface area contributed by atoms with E-state index in [-0.39, 0.29) is 0 Å². The first kappa shape index (κ1) is 13.5. The normalized spacial score (nSPS) is 10.6. The van der Waals surface area contributed by atoms with Crippen molar-refractivity contribution in [3.63, 3.8) is 0 Å². The lowest BCUT2D eigenvalue weighted by Crippen LogP contribution is -1.95. The maximum absolute atomic E-state index is 6.14. The maximum atomic E-state index is 6.14. The van der Waals surface area contributed by atoms with Gasteiger partial charge < -0.3 is 4.57 Å². The predicted molar refractivity (Wildman–Crippen MR) is 77.2 cm³/mol. The van der Waals surface area contributed by atoms with Gasteiger partial charge >= 0.3 is 0 Å². The fourth-order valence-electron chi connectivity index (χ4n) is 1.46. The molecule has 0 fully saturated rings. The van der Waals surface area contributed by atoms with E-state index in [4.69, 9.17) is 23.2 Å². The second-order valence-electron chi connectivity index (χ2n) is 3.65. The molecule has 18 heavy (non-hydrogen) atoms. The quantitative estimate of drug-likeness (QED) is 0.800. The first-order chi connectivity index (χ1) is 8.59. The molecule has 0 aliphatic carbocycles. The summed E-state index contributed by atoms with van der Waals surface area (Å²) in [6.07, 6.45) is 0. The third kappa shape index (κ3) is 2.88. The topological polar surface area (TPSA) is 30.7 Å². The van der Waals surface area contributed by atoms with E-state index in [2.05, 4.69) is 16.8 Å². The Balaban J connectivity index is 2.31. The summed E-state index contributed by atoms with van der Waals surface area (Å²) in [5, 5.41) is 10.3. The summed E-state index contributed by atoms with van der Waals surface area (Å²) >= 11 is 13.4. The van der Waals surface area contributed by atoms with E-state index < -0.39 is 0 Å². The molecule has 2 aromatic rings. The minimum Gasteiger partial charge on any atom is -0.305 e. The van der Waals surface area contributed by atoms with Gasteiger partial charge in [0.05, 0.1) is 5.02 Å². The highest BCUT2D eigenvalue weighted by Gasteiger charge is 2.13. The van der Waals surface area contributed by atoms with Crippen molar-refractivity contribution in [2.24, 2.45) is 7.05 Å². The van der Waals surface area contributed by atoms with Crippen LogP contribution in [0.4, 0.5) is 0 Å². The van der Waals surface area contributed by atoms with Crippen LogP contribution in [0.15, 0.2) is 41.0 Å². The monoisotopic (exact) mass is 299 g/mol. The van der Waals surface area contributed by atoms with Crippen molar-refractivity contribution >= 4 is 35.0 Å². The lowest BCUT2D eigenvalue weighted by molar-refractivity contribution is 0.795. The first-order valence-corrected chi connectivity index (χ1v) is 6.94. The molecule has 0 spiro atoms. The summed E-state index contributed by atoms with van der Waals surface area (Å²) in [6, 6.07) is 7.55. The van der Waals surface area contributed by atoms with Crippen LogP contribution in [-0.4, -0.2) is 20.5 Å². The fourth-order valence-corrected chi connectivity index (χ4v) is 2.51. The van der Waals surface area contributed by atoms with Gasteiger partial charge in [0.2, 0.25) is 0 Å². The van der Waals surface area contributed by atoms with Crippen LogP contribution in [0.3, 0.4) is 0 Å². The Kier molecular flexibility index (Phi) is 4.32. The van der Waals surface area contributed by atoms with E-state index in [1.165, 1.54) is 11.8 Å². The number of benzene rings is 1. The van der Waals surface area contributed by atoms with Gasteiger partial charge in [-0.2, -0.15) is 0 Å². The Labute approximate surface area is 120 Å². The van der Waals surface area contributed by atoms with Crippen molar-refractivity contribution in [3.8, 4) is 11.4 Å². The zero-order valence-corrected chi connectivity index (χ0v) is 12.1. The minimum absolute atomic E-state index is 0.585. The van der Waals surface area contributed by atoms with Gasteiger partial charge in [0.15, 0.2) is 11.0 Å². The SMILES string of the molecule is C=C(Cl)CSc1nnc(-c2ccccc2Cl)n1C. The summed E-state index contributed by atoms with van der Waals surface area (Å²) in [5.74, 6) is 1.35. The smallest absolute Gasteiger partial charge is 0.191 e. The third-order valence-electron chi connectivity index (χ3n) is 2.31. The van der Waals surface area contributed by atoms with Crippen molar-refractivity contribution in [1.29, 1.82) is 0 Å². The van der Waals surface area contributed by atoms with E-state index in [1.54, 1.807) is 0 Å². The van der Waals surface area contributed by atoms with Crippen molar-refractivity contribution in [3.05, 3.63) is 40.9 Å². The summed E-state index contributed by atoms with van der Waals surface area (Å²) in [4.78, 5) is 0. The summed E-state index contributed by atoms with van der Waals surface area (Å²) < 4.78 is 1.89. The van der Waals surface area contributed by atoms with Crippen LogP contribution >= 0.6 is 35.0 Å². The Morgan fingerprint density at radius 1 is 1.39 bits per heavy atom. The number of hydrogen-bond acceptors (Lipinski definition) is 3. The highest BCUT2D eigenvalue weighted by molar-refractivity contribution is 7.99. The Morgan fingerprint density at radius 2 is 2.11 bits per heavy atom. The molecule has 0 N–H and O–H groups in total. The Hall–Kier alpha value is -0.970. The highest BCUT2D eigenvalue weighted by Crippen LogP contribution is 2.28. The molecule has 6 heteroatoms. The fraction of sp³-hybridized carbons (Fsp3) is 0.167. The zero-order valence-electron chi connectivity index (χ0n) is 9.73. The molecular formula is C12H11Cl2N3S. The predicted octanol–water partition coefficient (Wildman–Crippen LogP) is 3.98. The van der Waals surface area contributed by atoms with Crippen LogP contribution in [0, 0.1) is 0 Å². The zero-order chi connectivity index (χ0) is 13.1. The van der Waals surface area contributed by atoms with E-state index in [0.29, 0.717) is 15.8 Å². The summed E-state index contributed by atoms with van der Waals surface area (Å²) in [5.41, 5.74) is 0.866. The minimum atomic E-state index is 0.585. The molecule has 0 amide bonds. The van der Waals surface area contributed by atoms with E-state index in [1.807, 2.05) is 35.9 Å². The Bertz CT molecular complexity index is 580. The van der Waals surface area contributed by atoms with Crippen molar-refractivity contribution in [2.75, 3.05) is 5.75 Å². The molecular weight excluding hydrogens is 289 g/mol. The second-order valence-corrected chi connectivity index (χ2v) is 5.54. The molecule has 0 aliphatic rings. The number of hydrogen-bond donors (Lipinski definition) is 0. The average Bonchev–Trinajstić information content (AvgIpc) is 2.69. The number of rotatable bonds is 4. The summed E-state index contributed by atoms with van der Waals surface area (Å²) in [7, 11) is 1.90. The van der Waals surface area contributed by atoms with Crippen LogP contribution in [0.2, 0.25) is 5.02 Å². The molecule has 0 atom stereocenters. The van der Waals surface area contributed by atoms with Crippen LogP contribution < -0.4 is 0 Å². The van der Waals surface area contributed by atoms with Gasteiger partial charge in [-0.05, 0) is 12.1 Å². The van der Waals surface area contributed by atoms with Crippen LogP contribution in [-0.2, 0) is 7.05 Å². The molecule has 0 saturated carbocycles. The average molecular weight is 300 g/mol. The van der Waals surface area contributed by atoms with E-state index in [0.717, 1.165) is 16.5 Å². The molecule has 0 saturated heterocycles. The maximum Gasteiger partial charge on any atom is 0.191 e. The van der Waals surface area contributed by atoms with E-state index in [9.17, 15) is 0 Å². The molecule has 1 aromatic heterocycles. The second kappa shape index (κ2) is 5.78. The van der Waals surface area contributed by atoms with Crippen molar-refractivity contribution in [1.82, 2.24) is 14.8 Å². The van der Waals surface area contributed by atoms with Gasteiger partial charge in [0.1, 0.15) is 0 Å². The molecule has 94 valence electrons. The number of nitrogens with zero attached hydrogens (tertiary/aromatic N) is 3. The standard InChI is InChI=1S/C12H11Cl2N3S/c1-8(13)7-18-12-16-15-11(17(12)2)9-5-3-4-6-10(9)14/h3-6H,1,7H2,2H3. The molecule has 0 unspecified atom stereocenters. The van der Waals surface area contributed by atoms with Gasteiger partial charge in [0, 0.05) is 23.4 Å². The van der Waals surface area contributed by atoms with Crippen LogP contribution in [0.1, 0.15) is 0 Å². The van der Waals surface area contributed by atoms with Crippen molar-refractivity contribution in [2.45, 2.75) is 5.16 Å². The highest BCUT2D eigenvalue weighted by atomic mass is 35.5. The van der Waals surface area contributed by atoms with Gasteiger partial charge in [-0.1, -0.05) is 53.7 Å². The van der Waals surface area contributed by atoms with Crippen molar-refractivity contribution < 1.29 is 0 Å². The van der Waals surface area contributed by atoms with E-state index >= 15 is 0 Å². The van der Waals surface area contributed by atoms with Gasteiger partial charge in [-0.15, -0.1) is 10.2 Å². The number of halogens is 2. The van der Waals surface area contributed by atoms with Gasteiger partial charge in [-0.3, -0.25) is 0 Å². The van der Waals surface area contributed by atoms with Crippen LogP contribution in [0.5, 0.6) is 0 Å².